The molecule has 1 atom stereocenters. The number of ether oxygens (including phenoxy) is 2. The van der Waals surface area contributed by atoms with Crippen molar-refractivity contribution in [3.8, 4) is 17.1 Å². The van der Waals surface area contributed by atoms with E-state index in [0.29, 0.717) is 68.9 Å². The molecule has 2 aromatic carbocycles. The second-order valence-corrected chi connectivity index (χ2v) is 15.5. The summed E-state index contributed by atoms with van der Waals surface area (Å²) in [6.45, 7) is 1.44. The number of hydrogen-bond donors (Lipinski definition) is 1. The van der Waals surface area contributed by atoms with Crippen LogP contribution in [0.2, 0.25) is 0 Å². The molecule has 1 N–H and O–H groups in total. The third kappa shape index (κ3) is 11.4. The van der Waals surface area contributed by atoms with Crippen molar-refractivity contribution in [2.45, 2.75) is 76.4 Å². The second kappa shape index (κ2) is 20.4. The number of nitrogens with one attached hydrogen (secondary N) is 1. The van der Waals surface area contributed by atoms with Crippen LogP contribution in [-0.2, 0) is 39.0 Å². The molecule has 4 aromatic heterocycles. The normalized spacial score (nSPS) is 14.5. The molecule has 0 saturated heterocycles. The van der Waals surface area contributed by atoms with Crippen LogP contribution in [0.15, 0.2) is 82.5 Å². The maximum Gasteiger partial charge on any atom is 0.389 e. The molecular weight excluding hydrogens is 862 g/mol. The van der Waals surface area contributed by atoms with Gasteiger partial charge in [-0.1, -0.05) is 12.1 Å². The topological polar surface area (TPSA) is 182 Å². The zero-order chi connectivity index (χ0) is 46.3. The zero-order valence-corrected chi connectivity index (χ0v) is 35.1. The first-order valence-corrected chi connectivity index (χ1v) is 20.9. The van der Waals surface area contributed by atoms with Crippen LogP contribution in [0.5, 0.6) is 0 Å². The lowest BCUT2D eigenvalue weighted by Gasteiger charge is -2.21. The van der Waals surface area contributed by atoms with Gasteiger partial charge >= 0.3 is 11.9 Å². The predicted molar refractivity (Wildman–Crippen MR) is 224 cm³/mol. The highest BCUT2D eigenvalue weighted by molar-refractivity contribution is 6.04. The van der Waals surface area contributed by atoms with Crippen LogP contribution < -0.4 is 11.0 Å². The van der Waals surface area contributed by atoms with Crippen LogP contribution >= 0.6 is 0 Å². The van der Waals surface area contributed by atoms with Crippen molar-refractivity contribution in [2.75, 3.05) is 31.7 Å². The molecular formula is C45H44F5N7O8. The molecule has 1 unspecified atom stereocenters. The van der Waals surface area contributed by atoms with E-state index < -0.39 is 36.7 Å². The summed E-state index contributed by atoms with van der Waals surface area (Å²) < 4.78 is 86.9. The van der Waals surface area contributed by atoms with E-state index in [1.54, 1.807) is 11.6 Å². The molecule has 0 radical (unpaired) electrons. The van der Waals surface area contributed by atoms with E-state index in [2.05, 4.69) is 20.4 Å². The maximum atomic E-state index is 14.0. The molecule has 0 aliphatic heterocycles. The minimum absolute atomic E-state index is 0.0839. The number of carbonyl (C=O) groups is 4. The Morgan fingerprint density at radius 2 is 1.72 bits per heavy atom. The summed E-state index contributed by atoms with van der Waals surface area (Å²) in [6.07, 6.45) is -3.02. The van der Waals surface area contributed by atoms with Gasteiger partial charge in [0, 0.05) is 62.5 Å². The lowest BCUT2D eigenvalue weighted by Crippen LogP contribution is -2.34. The van der Waals surface area contributed by atoms with Gasteiger partial charge in [-0.2, -0.15) is 18.3 Å². The Bertz CT molecular complexity index is 2740. The quantitative estimate of drug-likeness (QED) is 0.0342. The predicted octanol–water partition coefficient (Wildman–Crippen LogP) is 7.75. The molecule has 1 amide bonds. The van der Waals surface area contributed by atoms with Crippen LogP contribution in [0.25, 0.3) is 28.2 Å². The third-order valence-corrected chi connectivity index (χ3v) is 10.9. The monoisotopic (exact) mass is 905 g/mol. The molecule has 1 aliphatic carbocycles. The van der Waals surface area contributed by atoms with Crippen molar-refractivity contribution in [2.24, 2.45) is 7.05 Å². The highest BCUT2D eigenvalue weighted by atomic mass is 19.4. The Labute approximate surface area is 367 Å². The fraction of sp³-hybridized carbons (Fsp3) is 0.378. The summed E-state index contributed by atoms with van der Waals surface area (Å²) in [4.78, 5) is 71.4. The van der Waals surface area contributed by atoms with Gasteiger partial charge in [0.2, 0.25) is 5.89 Å². The summed E-state index contributed by atoms with van der Waals surface area (Å²) in [5.41, 5.74) is 1.93. The maximum absolute atomic E-state index is 14.0. The number of aromatic nitrogens is 6. The molecule has 1 saturated carbocycles. The smallest absolute Gasteiger partial charge is 0.389 e. The van der Waals surface area contributed by atoms with Gasteiger partial charge < -0.3 is 19.2 Å². The summed E-state index contributed by atoms with van der Waals surface area (Å²) in [7, 11) is 1.68. The van der Waals surface area contributed by atoms with Crippen LogP contribution in [0.4, 0.5) is 27.6 Å². The van der Waals surface area contributed by atoms with Crippen molar-refractivity contribution >= 4 is 40.0 Å². The lowest BCUT2D eigenvalue weighted by atomic mass is 9.92. The Morgan fingerprint density at radius 3 is 2.45 bits per heavy atom. The number of ketones is 3. The first-order valence-electron chi connectivity index (χ1n) is 20.9. The second-order valence-electron chi connectivity index (χ2n) is 15.5. The number of para-hydroxylation sites is 1. The average Bonchev–Trinajstić information content (AvgIpc) is 4.01. The van der Waals surface area contributed by atoms with Gasteiger partial charge in [-0.05, 0) is 80.1 Å². The van der Waals surface area contributed by atoms with Crippen molar-refractivity contribution < 1.29 is 55.0 Å². The first-order chi connectivity index (χ1) is 31.2. The van der Waals surface area contributed by atoms with Crippen LogP contribution in [0.1, 0.15) is 95.2 Å². The fourth-order valence-electron chi connectivity index (χ4n) is 7.61. The van der Waals surface area contributed by atoms with E-state index in [9.17, 15) is 45.9 Å². The van der Waals surface area contributed by atoms with E-state index >= 15 is 0 Å². The van der Waals surface area contributed by atoms with Crippen LogP contribution in [-0.4, -0.2) is 84.7 Å². The number of amides is 1. The number of halogens is 5. The van der Waals surface area contributed by atoms with Crippen molar-refractivity contribution in [1.82, 2.24) is 28.9 Å². The number of oxazole rings is 1. The number of imidazole rings is 1. The largest absolute Gasteiger partial charge is 0.444 e. The van der Waals surface area contributed by atoms with Gasteiger partial charge in [0.05, 0.1) is 54.3 Å². The summed E-state index contributed by atoms with van der Waals surface area (Å²) in [6, 6.07) is 13.9. The number of rotatable bonds is 20. The van der Waals surface area contributed by atoms with E-state index in [-0.39, 0.29) is 77.3 Å². The summed E-state index contributed by atoms with van der Waals surface area (Å²) in [5.74, 6) is -1.47. The minimum Gasteiger partial charge on any atom is -0.444 e. The van der Waals surface area contributed by atoms with E-state index in [1.165, 1.54) is 53.4 Å². The zero-order valence-electron chi connectivity index (χ0n) is 35.1. The van der Waals surface area contributed by atoms with E-state index in [1.807, 2.05) is 18.2 Å². The molecule has 20 heteroatoms. The Morgan fingerprint density at radius 1 is 0.969 bits per heavy atom. The summed E-state index contributed by atoms with van der Waals surface area (Å²) >= 11 is 0. The number of aryl methyl sites for hydroxylation is 3. The lowest BCUT2D eigenvalue weighted by molar-refractivity contribution is -0.134. The molecule has 1 aliphatic rings. The van der Waals surface area contributed by atoms with Crippen molar-refractivity contribution in [3.63, 3.8) is 0 Å². The molecule has 15 nitrogen and oxygen atoms in total. The van der Waals surface area contributed by atoms with Gasteiger partial charge in [-0.15, -0.1) is 0 Å². The molecule has 0 bridgehead atoms. The minimum atomic E-state index is -4.37. The van der Waals surface area contributed by atoms with Gasteiger partial charge in [-0.25, -0.2) is 23.2 Å². The first kappa shape index (κ1) is 46.3. The number of alkyl halides is 5. The van der Waals surface area contributed by atoms with Gasteiger partial charge in [-0.3, -0.25) is 33.3 Å². The number of carbonyl (C=O) groups excluding carboxylic acids is 4. The van der Waals surface area contributed by atoms with E-state index in [0.717, 1.165) is 22.0 Å². The molecule has 0 spiro atoms. The fourth-order valence-corrected chi connectivity index (χ4v) is 7.61. The number of fused-ring (bicyclic) bond motifs is 1. The Hall–Kier alpha value is -6.67. The van der Waals surface area contributed by atoms with Gasteiger partial charge in [0.25, 0.3) is 12.3 Å². The summed E-state index contributed by atoms with van der Waals surface area (Å²) in [5, 5.41) is 6.29. The number of anilines is 1. The molecule has 342 valence electrons. The highest BCUT2D eigenvalue weighted by Gasteiger charge is 2.32. The van der Waals surface area contributed by atoms with Crippen molar-refractivity contribution in [3.05, 3.63) is 112 Å². The average molecular weight is 906 g/mol. The van der Waals surface area contributed by atoms with E-state index in [4.69, 9.17) is 13.9 Å². The van der Waals surface area contributed by atoms with Crippen LogP contribution in [0, 0.1) is 0 Å². The SMILES string of the molecule is Cn1c(=O)n(C2CCC(=O)CC2=O)c2cccc(CCCOCCOCCCC(=O)c3ccc(-n4cc(NC(=O)c5coc(-c6ccnc(CCC(F)(F)F)c6)n5)c(C(F)F)n4)cc3)c21. The highest BCUT2D eigenvalue weighted by Crippen LogP contribution is 2.30. The van der Waals surface area contributed by atoms with Crippen LogP contribution in [0.3, 0.4) is 0 Å². The molecule has 6 aromatic rings. The standard InChI is InChI=1S/C45H44F5N7O8/c1-55-40-28(5-2-7-36(40)57(44(55)62)35-14-13-32(58)24-38(35)60)6-3-19-63-21-22-64-20-4-8-37(59)27-9-11-31(12-10-27)56-25-33(39(54-56)41(46)47)52-42(61)34-26-65-43(53-34)29-16-18-51-30(23-29)15-17-45(48,49)50/h2,5,7,9-12,16,18,23,25-26,35,41H,3-4,6,8,13-15,17,19-22,24H2,1H3,(H,52,61). The number of nitrogens with zero attached hydrogens (tertiary/aromatic N) is 6. The number of Topliss-reactive ketones (excluding diaryl/α,β-unsaturated/α-hetero) is 3. The van der Waals surface area contributed by atoms with Gasteiger partial charge in [0.1, 0.15) is 12.0 Å². The Kier molecular flexibility index (Phi) is 14.6. The third-order valence-electron chi connectivity index (χ3n) is 10.9. The molecule has 65 heavy (non-hydrogen) atoms. The number of benzene rings is 2. The Balaban J connectivity index is 0.829. The number of pyridine rings is 1. The molecule has 1 fully saturated rings. The molecule has 7 rings (SSSR count). The molecule has 4 heterocycles. The van der Waals surface area contributed by atoms with Gasteiger partial charge in [0.15, 0.2) is 23.0 Å². The number of hydrogen-bond acceptors (Lipinski definition) is 11. The van der Waals surface area contributed by atoms with Crippen molar-refractivity contribution in [1.29, 1.82) is 0 Å².